The summed E-state index contributed by atoms with van der Waals surface area (Å²) in [4.78, 5) is 4.09. The second-order valence-electron chi connectivity index (χ2n) is 2.89. The third-order valence-corrected chi connectivity index (χ3v) is 2.91. The van der Waals surface area contributed by atoms with Crippen LogP contribution < -0.4 is 0 Å². The fourth-order valence-corrected chi connectivity index (χ4v) is 1.96. The Morgan fingerprint density at radius 1 is 1.77 bits per heavy atom. The van der Waals surface area contributed by atoms with Crippen LogP contribution in [0.2, 0.25) is 4.47 Å². The normalized spacial score (nSPS) is 22.4. The van der Waals surface area contributed by atoms with Gasteiger partial charge in [-0.05, 0) is 6.42 Å². The van der Waals surface area contributed by atoms with Gasteiger partial charge in [-0.1, -0.05) is 11.6 Å². The van der Waals surface area contributed by atoms with E-state index in [9.17, 15) is 0 Å². The van der Waals surface area contributed by atoms with Crippen LogP contribution in [0.25, 0.3) is 0 Å². The van der Waals surface area contributed by atoms with Gasteiger partial charge in [0.05, 0.1) is 25.0 Å². The average Bonchev–Trinajstić information content (AvgIpc) is 2.71. The lowest BCUT2D eigenvalue weighted by Crippen LogP contribution is -2.11. The molecule has 0 aliphatic carbocycles. The van der Waals surface area contributed by atoms with Gasteiger partial charge >= 0.3 is 0 Å². The molecule has 0 radical (unpaired) electrons. The fourth-order valence-electron chi connectivity index (χ4n) is 1.20. The Kier molecular flexibility index (Phi) is 3.16. The maximum absolute atomic E-state index is 5.68. The first-order chi connectivity index (χ1) is 6.34. The van der Waals surface area contributed by atoms with Crippen molar-refractivity contribution < 1.29 is 9.47 Å². The second-order valence-corrected chi connectivity index (χ2v) is 4.33. The van der Waals surface area contributed by atoms with Crippen LogP contribution in [-0.4, -0.2) is 24.3 Å². The van der Waals surface area contributed by atoms with E-state index in [1.165, 1.54) is 11.3 Å². The molecule has 72 valence electrons. The SMILES string of the molecule is Clc1nc(COC2CCOC2)cs1. The van der Waals surface area contributed by atoms with Gasteiger partial charge in [-0.15, -0.1) is 11.3 Å². The monoisotopic (exact) mass is 219 g/mol. The van der Waals surface area contributed by atoms with Crippen molar-refractivity contribution >= 4 is 22.9 Å². The van der Waals surface area contributed by atoms with Crippen molar-refractivity contribution in [3.8, 4) is 0 Å². The predicted octanol–water partition coefficient (Wildman–Crippen LogP) is 2.10. The molecule has 2 heterocycles. The predicted molar refractivity (Wildman–Crippen MR) is 51.1 cm³/mol. The second kappa shape index (κ2) is 4.37. The number of aromatic nitrogens is 1. The van der Waals surface area contributed by atoms with E-state index in [4.69, 9.17) is 21.1 Å². The molecular weight excluding hydrogens is 210 g/mol. The van der Waals surface area contributed by atoms with E-state index >= 15 is 0 Å². The van der Waals surface area contributed by atoms with E-state index in [2.05, 4.69) is 4.98 Å². The highest BCUT2D eigenvalue weighted by molar-refractivity contribution is 7.13. The van der Waals surface area contributed by atoms with Gasteiger partial charge in [0.25, 0.3) is 0 Å². The molecule has 0 spiro atoms. The lowest BCUT2D eigenvalue weighted by atomic mass is 10.3. The van der Waals surface area contributed by atoms with Crippen LogP contribution in [0.4, 0.5) is 0 Å². The van der Waals surface area contributed by atoms with Gasteiger partial charge in [-0.3, -0.25) is 0 Å². The van der Waals surface area contributed by atoms with Crippen molar-refractivity contribution in [3.05, 3.63) is 15.5 Å². The first-order valence-corrected chi connectivity index (χ1v) is 5.39. The van der Waals surface area contributed by atoms with Crippen LogP contribution in [0.15, 0.2) is 5.38 Å². The molecule has 1 aromatic heterocycles. The molecule has 5 heteroatoms. The Morgan fingerprint density at radius 3 is 3.31 bits per heavy atom. The summed E-state index contributed by atoms with van der Waals surface area (Å²) in [5, 5.41) is 1.91. The average molecular weight is 220 g/mol. The minimum Gasteiger partial charge on any atom is -0.379 e. The van der Waals surface area contributed by atoms with Gasteiger partial charge in [0.2, 0.25) is 0 Å². The van der Waals surface area contributed by atoms with E-state index < -0.39 is 0 Å². The van der Waals surface area contributed by atoms with Crippen LogP contribution in [-0.2, 0) is 16.1 Å². The summed E-state index contributed by atoms with van der Waals surface area (Å²) < 4.78 is 11.3. The molecule has 1 aliphatic heterocycles. The first-order valence-electron chi connectivity index (χ1n) is 4.14. The minimum absolute atomic E-state index is 0.237. The first kappa shape index (κ1) is 9.40. The summed E-state index contributed by atoms with van der Waals surface area (Å²) in [6.45, 7) is 2.05. The highest BCUT2D eigenvalue weighted by Gasteiger charge is 2.16. The summed E-state index contributed by atoms with van der Waals surface area (Å²) >= 11 is 7.11. The van der Waals surface area contributed by atoms with Gasteiger partial charge in [0, 0.05) is 12.0 Å². The molecule has 1 unspecified atom stereocenters. The molecule has 13 heavy (non-hydrogen) atoms. The molecule has 0 bridgehead atoms. The van der Waals surface area contributed by atoms with Gasteiger partial charge in [0.15, 0.2) is 4.47 Å². The highest BCUT2D eigenvalue weighted by Crippen LogP contribution is 2.17. The lowest BCUT2D eigenvalue weighted by Gasteiger charge is -2.07. The van der Waals surface area contributed by atoms with E-state index in [1.807, 2.05) is 5.38 Å². The van der Waals surface area contributed by atoms with Crippen LogP contribution in [0, 0.1) is 0 Å². The van der Waals surface area contributed by atoms with Crippen LogP contribution >= 0.6 is 22.9 Å². The summed E-state index contributed by atoms with van der Waals surface area (Å²) in [7, 11) is 0. The standard InChI is InChI=1S/C8H10ClNO2S/c9-8-10-6(5-13-8)3-12-7-1-2-11-4-7/h5,7H,1-4H2. The molecule has 0 amide bonds. The molecule has 2 rings (SSSR count). The topological polar surface area (TPSA) is 31.4 Å². The minimum atomic E-state index is 0.237. The van der Waals surface area contributed by atoms with E-state index in [0.717, 1.165) is 18.7 Å². The number of nitrogens with zero attached hydrogens (tertiary/aromatic N) is 1. The number of ether oxygens (including phenoxy) is 2. The fraction of sp³-hybridized carbons (Fsp3) is 0.625. The third-order valence-electron chi connectivity index (χ3n) is 1.88. The smallest absolute Gasteiger partial charge is 0.183 e. The largest absolute Gasteiger partial charge is 0.379 e. The Morgan fingerprint density at radius 2 is 2.69 bits per heavy atom. The molecule has 0 saturated carbocycles. The molecule has 1 aliphatic rings. The molecule has 0 aromatic carbocycles. The van der Waals surface area contributed by atoms with Gasteiger partial charge in [-0.2, -0.15) is 0 Å². The highest BCUT2D eigenvalue weighted by atomic mass is 35.5. The molecular formula is C8H10ClNO2S. The van der Waals surface area contributed by atoms with E-state index in [1.54, 1.807) is 0 Å². The molecule has 1 atom stereocenters. The molecule has 1 aromatic rings. The van der Waals surface area contributed by atoms with Crippen LogP contribution in [0.5, 0.6) is 0 Å². The third kappa shape index (κ3) is 2.64. The Hall–Kier alpha value is -0.160. The van der Waals surface area contributed by atoms with Gasteiger partial charge in [0.1, 0.15) is 0 Å². The van der Waals surface area contributed by atoms with Gasteiger partial charge < -0.3 is 9.47 Å². The van der Waals surface area contributed by atoms with Crippen molar-refractivity contribution in [1.82, 2.24) is 4.98 Å². The molecule has 1 fully saturated rings. The number of rotatable bonds is 3. The zero-order chi connectivity index (χ0) is 9.10. The van der Waals surface area contributed by atoms with Gasteiger partial charge in [-0.25, -0.2) is 4.98 Å². The Labute approximate surface area is 85.6 Å². The van der Waals surface area contributed by atoms with Crippen LogP contribution in [0.1, 0.15) is 12.1 Å². The van der Waals surface area contributed by atoms with Crippen molar-refractivity contribution in [3.63, 3.8) is 0 Å². The quantitative estimate of drug-likeness (QED) is 0.780. The summed E-state index contributed by atoms with van der Waals surface area (Å²) in [6.07, 6.45) is 1.22. The number of halogens is 1. The Bertz CT molecular complexity index is 273. The lowest BCUT2D eigenvalue weighted by molar-refractivity contribution is 0.0304. The van der Waals surface area contributed by atoms with Crippen molar-refractivity contribution in [2.24, 2.45) is 0 Å². The molecule has 1 saturated heterocycles. The maximum Gasteiger partial charge on any atom is 0.183 e. The number of hydrogen-bond acceptors (Lipinski definition) is 4. The Balaban J connectivity index is 1.78. The summed E-state index contributed by atoms with van der Waals surface area (Å²) in [6, 6.07) is 0. The zero-order valence-electron chi connectivity index (χ0n) is 7.03. The number of hydrogen-bond donors (Lipinski definition) is 0. The van der Waals surface area contributed by atoms with Crippen molar-refractivity contribution in [2.45, 2.75) is 19.1 Å². The molecule has 0 N–H and O–H groups in total. The number of thiazole rings is 1. The summed E-state index contributed by atoms with van der Waals surface area (Å²) in [5.41, 5.74) is 0.905. The molecule has 3 nitrogen and oxygen atoms in total. The van der Waals surface area contributed by atoms with E-state index in [-0.39, 0.29) is 6.10 Å². The summed E-state index contributed by atoms with van der Waals surface area (Å²) in [5.74, 6) is 0. The van der Waals surface area contributed by atoms with Crippen LogP contribution in [0.3, 0.4) is 0 Å². The zero-order valence-corrected chi connectivity index (χ0v) is 8.61. The van der Waals surface area contributed by atoms with Crippen molar-refractivity contribution in [1.29, 1.82) is 0 Å². The van der Waals surface area contributed by atoms with Crippen molar-refractivity contribution in [2.75, 3.05) is 13.2 Å². The van der Waals surface area contributed by atoms with E-state index in [0.29, 0.717) is 17.7 Å². The maximum atomic E-state index is 5.68.